The number of rotatable bonds is 5. The van der Waals surface area contributed by atoms with E-state index >= 15 is 0 Å². The molecule has 0 amide bonds. The Kier molecular flexibility index (Phi) is 4.15. The van der Waals surface area contributed by atoms with Crippen LogP contribution >= 0.6 is 0 Å². The van der Waals surface area contributed by atoms with E-state index in [1.54, 1.807) is 24.4 Å². The van der Waals surface area contributed by atoms with Crippen molar-refractivity contribution in [3.05, 3.63) is 66.5 Å². The first-order valence-electron chi connectivity index (χ1n) is 8.41. The minimum Gasteiger partial charge on any atom is -0.508 e. The predicted octanol–water partition coefficient (Wildman–Crippen LogP) is 3.57. The van der Waals surface area contributed by atoms with E-state index in [-0.39, 0.29) is 5.75 Å². The molecule has 4 aromatic rings. The number of nitrogens with zero attached hydrogens (tertiary/aromatic N) is 2. The molecule has 0 atom stereocenters. The van der Waals surface area contributed by atoms with Gasteiger partial charge in [-0.3, -0.25) is 0 Å². The Balaban J connectivity index is 1.45. The van der Waals surface area contributed by atoms with Crippen molar-refractivity contribution in [1.29, 1.82) is 0 Å². The minimum atomic E-state index is 0.183. The lowest BCUT2D eigenvalue weighted by atomic mass is 10.1. The molecule has 0 aliphatic carbocycles. The van der Waals surface area contributed by atoms with Crippen LogP contribution in [0.3, 0.4) is 0 Å². The smallest absolute Gasteiger partial charge is 0.224 e. The third-order valence-corrected chi connectivity index (χ3v) is 4.33. The normalized spacial score (nSPS) is 10.9. The Morgan fingerprint density at radius 1 is 1.12 bits per heavy atom. The van der Waals surface area contributed by atoms with Crippen molar-refractivity contribution >= 4 is 22.7 Å². The maximum absolute atomic E-state index is 9.61. The summed E-state index contributed by atoms with van der Waals surface area (Å²) in [7, 11) is 0. The predicted molar refractivity (Wildman–Crippen MR) is 104 cm³/mol. The van der Waals surface area contributed by atoms with Crippen LogP contribution in [-0.4, -0.2) is 26.6 Å². The van der Waals surface area contributed by atoms with E-state index < -0.39 is 0 Å². The molecule has 2 heterocycles. The number of H-pyrrole nitrogens is 1. The average Bonchev–Trinajstić information content (AvgIpc) is 3.05. The van der Waals surface area contributed by atoms with Gasteiger partial charge < -0.3 is 21.1 Å². The Morgan fingerprint density at radius 3 is 2.85 bits per heavy atom. The molecule has 0 radical (unpaired) electrons. The first-order valence-corrected chi connectivity index (χ1v) is 8.41. The number of anilines is 2. The summed E-state index contributed by atoms with van der Waals surface area (Å²) in [4.78, 5) is 11.9. The molecular weight excluding hydrogens is 326 g/mol. The second-order valence-electron chi connectivity index (χ2n) is 6.08. The Morgan fingerprint density at radius 2 is 2.00 bits per heavy atom. The zero-order chi connectivity index (χ0) is 17.9. The molecule has 2 aromatic carbocycles. The average molecular weight is 345 g/mol. The Bertz CT molecular complexity index is 1060. The summed E-state index contributed by atoms with van der Waals surface area (Å²) in [6, 6.07) is 15.1. The van der Waals surface area contributed by atoms with Crippen LogP contribution in [0, 0.1) is 0 Å². The van der Waals surface area contributed by atoms with Gasteiger partial charge in [-0.25, -0.2) is 4.98 Å². The number of nitrogens with one attached hydrogen (secondary N) is 2. The van der Waals surface area contributed by atoms with E-state index in [4.69, 9.17) is 5.73 Å². The lowest BCUT2D eigenvalue weighted by Crippen LogP contribution is -2.09. The van der Waals surface area contributed by atoms with Gasteiger partial charge in [-0.2, -0.15) is 4.98 Å². The van der Waals surface area contributed by atoms with Gasteiger partial charge in [-0.15, -0.1) is 0 Å². The summed E-state index contributed by atoms with van der Waals surface area (Å²) in [6.45, 7) is 0.701. The number of benzene rings is 2. The number of aromatic nitrogens is 3. The third-order valence-electron chi connectivity index (χ3n) is 4.33. The van der Waals surface area contributed by atoms with Gasteiger partial charge in [-0.05, 0) is 35.7 Å². The van der Waals surface area contributed by atoms with E-state index in [0.29, 0.717) is 23.9 Å². The van der Waals surface area contributed by atoms with Crippen LogP contribution in [0.15, 0.2) is 60.9 Å². The van der Waals surface area contributed by atoms with Gasteiger partial charge in [0.2, 0.25) is 5.95 Å². The molecular formula is C20H19N5O. The number of hydrogen-bond acceptors (Lipinski definition) is 5. The molecule has 0 bridgehead atoms. The van der Waals surface area contributed by atoms with Crippen molar-refractivity contribution in [2.24, 2.45) is 0 Å². The van der Waals surface area contributed by atoms with Gasteiger partial charge in [0.1, 0.15) is 11.6 Å². The molecule has 0 aliphatic rings. The fraction of sp³-hybridized carbons (Fsp3) is 0.100. The second kappa shape index (κ2) is 6.76. The third kappa shape index (κ3) is 3.17. The molecule has 6 nitrogen and oxygen atoms in total. The molecule has 0 saturated carbocycles. The van der Waals surface area contributed by atoms with Crippen molar-refractivity contribution in [2.75, 3.05) is 17.6 Å². The number of nitrogen functional groups attached to an aromatic ring is 1. The van der Waals surface area contributed by atoms with Crippen LogP contribution in [0.4, 0.5) is 11.8 Å². The van der Waals surface area contributed by atoms with Gasteiger partial charge in [0.05, 0.1) is 0 Å². The van der Waals surface area contributed by atoms with Crippen LogP contribution < -0.4 is 11.1 Å². The van der Waals surface area contributed by atoms with Gasteiger partial charge >= 0.3 is 0 Å². The highest BCUT2D eigenvalue weighted by Crippen LogP contribution is 2.27. The first kappa shape index (κ1) is 16.0. The molecule has 0 aliphatic heterocycles. The molecule has 4 rings (SSSR count). The number of phenols is 1. The lowest BCUT2D eigenvalue weighted by molar-refractivity contribution is 0.475. The molecule has 2 aromatic heterocycles. The molecule has 26 heavy (non-hydrogen) atoms. The van der Waals surface area contributed by atoms with E-state index in [9.17, 15) is 5.11 Å². The van der Waals surface area contributed by atoms with Crippen molar-refractivity contribution in [3.8, 4) is 16.9 Å². The molecule has 5 N–H and O–H groups in total. The summed E-state index contributed by atoms with van der Waals surface area (Å²) in [6.07, 6.45) is 4.55. The maximum Gasteiger partial charge on any atom is 0.224 e. The number of para-hydroxylation sites is 1. The first-order chi connectivity index (χ1) is 12.7. The Labute approximate surface area is 150 Å². The summed E-state index contributed by atoms with van der Waals surface area (Å²) in [5.41, 5.74) is 9.93. The zero-order valence-electron chi connectivity index (χ0n) is 14.1. The summed E-state index contributed by atoms with van der Waals surface area (Å²) in [5, 5.41) is 14.0. The standard InChI is InChI=1S/C20H19N5O/c21-19-17(13-4-3-5-15(26)10-13)12-24-20(25-19)22-9-8-14-11-23-18-7-2-1-6-16(14)18/h1-7,10-12,23,26H,8-9H2,(H3,21,22,24,25). The second-order valence-corrected chi connectivity index (χ2v) is 6.08. The summed E-state index contributed by atoms with van der Waals surface area (Å²) in [5.74, 6) is 1.05. The minimum absolute atomic E-state index is 0.183. The number of fused-ring (bicyclic) bond motifs is 1. The van der Waals surface area contributed by atoms with Crippen molar-refractivity contribution in [3.63, 3.8) is 0 Å². The van der Waals surface area contributed by atoms with Gasteiger partial charge in [0, 0.05) is 35.4 Å². The van der Waals surface area contributed by atoms with Crippen LogP contribution in [0.1, 0.15) is 5.56 Å². The van der Waals surface area contributed by atoms with Gasteiger partial charge in [0.25, 0.3) is 0 Å². The SMILES string of the molecule is Nc1nc(NCCc2c[nH]c3ccccc23)ncc1-c1cccc(O)c1. The van der Waals surface area contributed by atoms with E-state index in [1.807, 2.05) is 24.4 Å². The molecule has 0 saturated heterocycles. The lowest BCUT2D eigenvalue weighted by Gasteiger charge is -2.09. The van der Waals surface area contributed by atoms with Crippen molar-refractivity contribution in [2.45, 2.75) is 6.42 Å². The Hall–Kier alpha value is -3.54. The number of aromatic amines is 1. The van der Waals surface area contributed by atoms with E-state index in [0.717, 1.165) is 17.5 Å². The highest BCUT2D eigenvalue weighted by molar-refractivity contribution is 5.83. The van der Waals surface area contributed by atoms with Crippen molar-refractivity contribution < 1.29 is 5.11 Å². The molecule has 6 heteroatoms. The highest BCUT2D eigenvalue weighted by atomic mass is 16.3. The molecule has 130 valence electrons. The van der Waals surface area contributed by atoms with Crippen LogP contribution in [0.2, 0.25) is 0 Å². The van der Waals surface area contributed by atoms with E-state index in [2.05, 4.69) is 32.4 Å². The number of phenolic OH excluding ortho intramolecular Hbond substituents is 1. The van der Waals surface area contributed by atoms with Gasteiger partial charge in [0.15, 0.2) is 0 Å². The number of aromatic hydroxyl groups is 1. The largest absolute Gasteiger partial charge is 0.508 e. The topological polar surface area (TPSA) is 99.8 Å². The summed E-state index contributed by atoms with van der Waals surface area (Å²) < 4.78 is 0. The quantitative estimate of drug-likeness (QED) is 0.443. The van der Waals surface area contributed by atoms with E-state index in [1.165, 1.54) is 10.9 Å². The van der Waals surface area contributed by atoms with Crippen LogP contribution in [0.25, 0.3) is 22.0 Å². The highest BCUT2D eigenvalue weighted by Gasteiger charge is 2.08. The van der Waals surface area contributed by atoms with Crippen LogP contribution in [0.5, 0.6) is 5.75 Å². The van der Waals surface area contributed by atoms with Crippen molar-refractivity contribution in [1.82, 2.24) is 15.0 Å². The molecule has 0 spiro atoms. The molecule has 0 unspecified atom stereocenters. The fourth-order valence-corrected chi connectivity index (χ4v) is 3.02. The number of nitrogens with two attached hydrogens (primary N) is 1. The number of hydrogen-bond donors (Lipinski definition) is 4. The molecule has 0 fully saturated rings. The van der Waals surface area contributed by atoms with Gasteiger partial charge in [-0.1, -0.05) is 30.3 Å². The monoisotopic (exact) mass is 345 g/mol. The fourth-order valence-electron chi connectivity index (χ4n) is 3.02. The summed E-state index contributed by atoms with van der Waals surface area (Å²) >= 11 is 0. The maximum atomic E-state index is 9.61. The van der Waals surface area contributed by atoms with Crippen LogP contribution in [-0.2, 0) is 6.42 Å². The zero-order valence-corrected chi connectivity index (χ0v) is 14.1.